The van der Waals surface area contributed by atoms with Crippen molar-refractivity contribution in [2.24, 2.45) is 0 Å². The van der Waals surface area contributed by atoms with Crippen LogP contribution in [0.3, 0.4) is 0 Å². The van der Waals surface area contributed by atoms with Crippen molar-refractivity contribution < 1.29 is 0 Å². The number of pyridine rings is 1. The quantitative estimate of drug-likeness (QED) is 0.715. The molecular weight excluding hydrogens is 384 g/mol. The fraction of sp³-hybridized carbons (Fsp3) is 0.409. The van der Waals surface area contributed by atoms with E-state index in [0.717, 1.165) is 63.6 Å². The van der Waals surface area contributed by atoms with Crippen LogP contribution in [0.15, 0.2) is 48.7 Å². The van der Waals surface area contributed by atoms with Gasteiger partial charge in [-0.1, -0.05) is 24.3 Å². The van der Waals surface area contributed by atoms with Crippen molar-refractivity contribution in [2.45, 2.75) is 38.4 Å². The van der Waals surface area contributed by atoms with Crippen molar-refractivity contribution in [2.75, 3.05) is 19.6 Å². The van der Waals surface area contributed by atoms with E-state index in [2.05, 4.69) is 60.3 Å². The van der Waals surface area contributed by atoms with Gasteiger partial charge in [0.05, 0.1) is 12.2 Å². The van der Waals surface area contributed by atoms with Crippen LogP contribution >= 0.6 is 12.4 Å². The lowest BCUT2D eigenvalue weighted by Crippen LogP contribution is -2.34. The Morgan fingerprint density at radius 1 is 1.00 bits per heavy atom. The van der Waals surface area contributed by atoms with Gasteiger partial charge in [0.2, 0.25) is 0 Å². The largest absolute Gasteiger partial charge is 0.312 e. The Balaban J connectivity index is 0.00000205. The van der Waals surface area contributed by atoms with Crippen LogP contribution in [0.2, 0.25) is 0 Å². The molecule has 0 spiro atoms. The second-order valence-electron chi connectivity index (χ2n) is 7.77. The van der Waals surface area contributed by atoms with Gasteiger partial charge in [0.25, 0.3) is 0 Å². The van der Waals surface area contributed by atoms with Crippen LogP contribution in [0, 0.1) is 0 Å². The number of halogens is 1. The first-order valence-corrected chi connectivity index (χ1v) is 10.2. The van der Waals surface area contributed by atoms with Crippen LogP contribution in [-0.2, 0) is 19.6 Å². The van der Waals surface area contributed by atoms with Crippen molar-refractivity contribution in [1.82, 2.24) is 30.0 Å². The molecule has 0 unspecified atom stereocenters. The summed E-state index contributed by atoms with van der Waals surface area (Å²) in [5.41, 5.74) is 3.58. The summed E-state index contributed by atoms with van der Waals surface area (Å²) in [6, 6.07) is 14.8. The number of benzene rings is 1. The van der Waals surface area contributed by atoms with Crippen molar-refractivity contribution in [3.05, 3.63) is 65.9 Å². The molecule has 2 aromatic heterocycles. The SMILES string of the molecule is Cl.c1ccc(-c2cccc(CN3CCC(c4nnc5n4CCNC5)CC3)c2)nc1. The van der Waals surface area contributed by atoms with Crippen molar-refractivity contribution in [3.8, 4) is 11.3 Å². The lowest BCUT2D eigenvalue weighted by Gasteiger charge is -2.32. The van der Waals surface area contributed by atoms with Crippen LogP contribution in [0.5, 0.6) is 0 Å². The zero-order valence-electron chi connectivity index (χ0n) is 16.5. The summed E-state index contributed by atoms with van der Waals surface area (Å²) in [6.45, 7) is 6.08. The van der Waals surface area contributed by atoms with E-state index in [1.807, 2.05) is 18.3 Å². The first-order chi connectivity index (χ1) is 13.9. The van der Waals surface area contributed by atoms with Gasteiger partial charge in [-0.15, -0.1) is 22.6 Å². The third kappa shape index (κ3) is 4.34. The predicted octanol–water partition coefficient (Wildman–Crippen LogP) is 3.24. The highest BCUT2D eigenvalue weighted by Crippen LogP contribution is 2.29. The van der Waals surface area contributed by atoms with Gasteiger partial charge < -0.3 is 9.88 Å². The third-order valence-corrected chi connectivity index (χ3v) is 5.90. The van der Waals surface area contributed by atoms with E-state index in [1.54, 1.807) is 0 Å². The molecule has 1 saturated heterocycles. The van der Waals surface area contributed by atoms with Crippen molar-refractivity contribution in [3.63, 3.8) is 0 Å². The summed E-state index contributed by atoms with van der Waals surface area (Å²) in [5.74, 6) is 2.83. The lowest BCUT2D eigenvalue weighted by molar-refractivity contribution is 0.199. The summed E-state index contributed by atoms with van der Waals surface area (Å²) in [4.78, 5) is 7.04. The number of hydrogen-bond acceptors (Lipinski definition) is 5. The molecule has 4 heterocycles. The topological polar surface area (TPSA) is 58.9 Å². The second-order valence-corrected chi connectivity index (χ2v) is 7.77. The summed E-state index contributed by atoms with van der Waals surface area (Å²) in [7, 11) is 0. The third-order valence-electron chi connectivity index (χ3n) is 5.90. The number of aromatic nitrogens is 4. The first-order valence-electron chi connectivity index (χ1n) is 10.2. The molecule has 7 heteroatoms. The minimum Gasteiger partial charge on any atom is -0.312 e. The summed E-state index contributed by atoms with van der Waals surface area (Å²) >= 11 is 0. The molecule has 0 atom stereocenters. The number of nitrogens with zero attached hydrogens (tertiary/aromatic N) is 5. The second kappa shape index (κ2) is 9.03. The number of rotatable bonds is 4. The molecular formula is C22H27ClN6. The van der Waals surface area contributed by atoms with Crippen molar-refractivity contribution in [1.29, 1.82) is 0 Å². The number of fused-ring (bicyclic) bond motifs is 1. The highest BCUT2D eigenvalue weighted by atomic mass is 35.5. The van der Waals surface area contributed by atoms with Gasteiger partial charge in [0.1, 0.15) is 11.6 Å². The Kier molecular flexibility index (Phi) is 6.23. The molecule has 0 bridgehead atoms. The minimum absolute atomic E-state index is 0. The number of nitrogens with one attached hydrogen (secondary N) is 1. The maximum Gasteiger partial charge on any atom is 0.147 e. The van der Waals surface area contributed by atoms with Crippen molar-refractivity contribution >= 4 is 12.4 Å². The smallest absolute Gasteiger partial charge is 0.147 e. The Labute approximate surface area is 177 Å². The van der Waals surface area contributed by atoms with Crippen LogP contribution in [0.4, 0.5) is 0 Å². The highest BCUT2D eigenvalue weighted by molar-refractivity contribution is 5.85. The zero-order valence-corrected chi connectivity index (χ0v) is 17.3. The normalized spacial score (nSPS) is 17.5. The zero-order chi connectivity index (χ0) is 18.8. The maximum atomic E-state index is 4.52. The fourth-order valence-electron chi connectivity index (χ4n) is 4.39. The summed E-state index contributed by atoms with van der Waals surface area (Å²) in [5, 5.41) is 12.3. The average molecular weight is 411 g/mol. The van der Waals surface area contributed by atoms with Crippen LogP contribution < -0.4 is 5.32 Å². The number of hydrogen-bond donors (Lipinski definition) is 1. The van der Waals surface area contributed by atoms with Crippen LogP contribution in [0.25, 0.3) is 11.3 Å². The fourth-order valence-corrected chi connectivity index (χ4v) is 4.39. The Hall–Kier alpha value is -2.28. The van der Waals surface area contributed by atoms with Crippen LogP contribution in [0.1, 0.15) is 36.0 Å². The van der Waals surface area contributed by atoms with Gasteiger partial charge in [0.15, 0.2) is 0 Å². The van der Waals surface area contributed by atoms with E-state index in [1.165, 1.54) is 17.0 Å². The maximum absolute atomic E-state index is 4.52. The Morgan fingerprint density at radius 3 is 2.72 bits per heavy atom. The van der Waals surface area contributed by atoms with Gasteiger partial charge in [0, 0.05) is 37.3 Å². The molecule has 6 nitrogen and oxygen atoms in total. The van der Waals surface area contributed by atoms with Gasteiger partial charge in [-0.25, -0.2) is 0 Å². The van der Waals surface area contributed by atoms with E-state index < -0.39 is 0 Å². The lowest BCUT2D eigenvalue weighted by atomic mass is 9.95. The molecule has 0 saturated carbocycles. The molecule has 29 heavy (non-hydrogen) atoms. The van der Waals surface area contributed by atoms with E-state index in [9.17, 15) is 0 Å². The van der Waals surface area contributed by atoms with Gasteiger partial charge >= 0.3 is 0 Å². The molecule has 0 aliphatic carbocycles. The van der Waals surface area contributed by atoms with Crippen LogP contribution in [-0.4, -0.2) is 44.3 Å². The molecule has 0 amide bonds. The molecule has 1 fully saturated rings. The molecule has 1 N–H and O–H groups in total. The molecule has 2 aliphatic rings. The first kappa shape index (κ1) is 20.0. The monoisotopic (exact) mass is 410 g/mol. The molecule has 2 aliphatic heterocycles. The van der Waals surface area contributed by atoms with Gasteiger partial charge in [-0.3, -0.25) is 9.88 Å². The summed E-state index contributed by atoms with van der Waals surface area (Å²) in [6.07, 6.45) is 4.17. The standard InChI is InChI=1S/C22H26N6.ClH/c1-2-9-24-20(6-1)19-5-3-4-17(14-19)16-27-11-7-18(8-12-27)22-26-25-21-15-23-10-13-28(21)22;/h1-6,9,14,18,23H,7-8,10-13,15-16H2;1H. The molecule has 1 aromatic carbocycles. The minimum atomic E-state index is 0. The Morgan fingerprint density at radius 2 is 1.90 bits per heavy atom. The average Bonchev–Trinajstić information content (AvgIpc) is 3.19. The highest BCUT2D eigenvalue weighted by Gasteiger charge is 2.27. The molecule has 0 radical (unpaired) electrons. The van der Waals surface area contributed by atoms with E-state index in [4.69, 9.17) is 0 Å². The molecule has 3 aromatic rings. The predicted molar refractivity (Wildman–Crippen MR) is 116 cm³/mol. The molecule has 5 rings (SSSR count). The van der Waals surface area contributed by atoms with E-state index in [-0.39, 0.29) is 12.4 Å². The van der Waals surface area contributed by atoms with Gasteiger partial charge in [-0.2, -0.15) is 0 Å². The number of likely N-dealkylation sites (tertiary alicyclic amines) is 1. The number of piperidine rings is 1. The van der Waals surface area contributed by atoms with E-state index in [0.29, 0.717) is 5.92 Å². The van der Waals surface area contributed by atoms with Gasteiger partial charge in [-0.05, 0) is 49.7 Å². The van der Waals surface area contributed by atoms with E-state index >= 15 is 0 Å². The Bertz CT molecular complexity index is 933. The summed E-state index contributed by atoms with van der Waals surface area (Å²) < 4.78 is 2.34. The molecule has 152 valence electrons.